The molecule has 128 valence electrons. The van der Waals surface area contributed by atoms with Gasteiger partial charge < -0.3 is 15.4 Å². The van der Waals surface area contributed by atoms with Crippen LogP contribution in [-0.2, 0) is 5.41 Å². The molecule has 2 rings (SSSR count). The second kappa shape index (κ2) is 8.11. The first kappa shape index (κ1) is 18.2. The van der Waals surface area contributed by atoms with Gasteiger partial charge in [-0.3, -0.25) is 0 Å². The predicted octanol–water partition coefficient (Wildman–Crippen LogP) is 4.13. The Morgan fingerprint density at radius 1 is 1.21 bits per heavy atom. The van der Waals surface area contributed by atoms with Crippen LogP contribution in [0.15, 0.2) is 48.7 Å². The van der Waals surface area contributed by atoms with E-state index in [-0.39, 0.29) is 11.5 Å². The molecule has 2 N–H and O–H groups in total. The van der Waals surface area contributed by atoms with Gasteiger partial charge in [0.2, 0.25) is 0 Å². The van der Waals surface area contributed by atoms with Crippen molar-refractivity contribution >= 4 is 23.1 Å². The fourth-order valence-corrected chi connectivity index (χ4v) is 3.14. The molecule has 0 radical (unpaired) electrons. The summed E-state index contributed by atoms with van der Waals surface area (Å²) in [5.41, 5.74) is 1.38. The number of methoxy groups -OCH3 is 1. The first-order valence-electron chi connectivity index (χ1n) is 8.04. The van der Waals surface area contributed by atoms with Gasteiger partial charge in [-0.25, -0.2) is 4.98 Å². The van der Waals surface area contributed by atoms with Gasteiger partial charge in [-0.05, 0) is 48.7 Å². The van der Waals surface area contributed by atoms with Crippen molar-refractivity contribution in [2.45, 2.75) is 38.6 Å². The van der Waals surface area contributed by atoms with Crippen molar-refractivity contribution in [3.05, 3.63) is 54.2 Å². The number of rotatable bonds is 6. The number of hydrogen-bond acceptors (Lipinski definition) is 3. The zero-order valence-corrected chi connectivity index (χ0v) is 15.5. The Balaban J connectivity index is 1.94. The van der Waals surface area contributed by atoms with Crippen LogP contribution in [0.1, 0.15) is 32.8 Å². The fourth-order valence-electron chi connectivity index (χ4n) is 2.84. The van der Waals surface area contributed by atoms with Crippen LogP contribution in [0.4, 0.5) is 5.82 Å². The topological polar surface area (TPSA) is 46.2 Å². The van der Waals surface area contributed by atoms with Crippen molar-refractivity contribution in [1.82, 2.24) is 10.3 Å². The van der Waals surface area contributed by atoms with Crippen LogP contribution >= 0.6 is 12.2 Å². The highest BCUT2D eigenvalue weighted by Gasteiger charge is 2.23. The van der Waals surface area contributed by atoms with E-state index in [1.165, 1.54) is 5.56 Å². The van der Waals surface area contributed by atoms with Crippen molar-refractivity contribution in [3.8, 4) is 5.75 Å². The van der Waals surface area contributed by atoms with E-state index in [1.54, 1.807) is 13.3 Å². The average Bonchev–Trinajstić information content (AvgIpc) is 2.55. The molecular formula is C19H25N3OS. The third-order valence-electron chi connectivity index (χ3n) is 3.97. The number of anilines is 1. The molecule has 0 fully saturated rings. The molecule has 0 saturated carbocycles. The van der Waals surface area contributed by atoms with E-state index in [9.17, 15) is 0 Å². The molecule has 0 aliphatic rings. The Kier molecular flexibility index (Phi) is 6.15. The number of pyridine rings is 1. The molecule has 0 bridgehead atoms. The van der Waals surface area contributed by atoms with Gasteiger partial charge in [0.25, 0.3) is 0 Å². The lowest BCUT2D eigenvalue weighted by atomic mass is 9.79. The third-order valence-corrected chi connectivity index (χ3v) is 4.19. The van der Waals surface area contributed by atoms with Gasteiger partial charge >= 0.3 is 0 Å². The molecular weight excluding hydrogens is 318 g/mol. The molecule has 5 heteroatoms. The molecule has 1 heterocycles. The molecule has 0 aliphatic heterocycles. The number of benzene rings is 1. The maximum Gasteiger partial charge on any atom is 0.174 e. The summed E-state index contributed by atoms with van der Waals surface area (Å²) in [5.74, 6) is 1.28. The molecule has 0 unspecified atom stereocenters. The second-order valence-electron chi connectivity index (χ2n) is 6.51. The minimum Gasteiger partial charge on any atom is -0.493 e. The number of hydrogen-bond donors (Lipinski definition) is 2. The van der Waals surface area contributed by atoms with Crippen LogP contribution in [0.5, 0.6) is 5.75 Å². The Hall–Kier alpha value is -2.14. The summed E-state index contributed by atoms with van der Waals surface area (Å²) < 4.78 is 5.28. The predicted molar refractivity (Wildman–Crippen MR) is 104 cm³/mol. The molecule has 24 heavy (non-hydrogen) atoms. The summed E-state index contributed by atoms with van der Waals surface area (Å²) in [6.07, 6.45) is 2.66. The van der Waals surface area contributed by atoms with E-state index >= 15 is 0 Å². The lowest BCUT2D eigenvalue weighted by Gasteiger charge is -2.29. The summed E-state index contributed by atoms with van der Waals surface area (Å²) in [5, 5.41) is 6.98. The molecule has 1 atom stereocenters. The minimum atomic E-state index is 0.0615. The molecule has 0 saturated heterocycles. The monoisotopic (exact) mass is 343 g/mol. The van der Waals surface area contributed by atoms with Crippen LogP contribution in [0, 0.1) is 0 Å². The number of nitrogens with one attached hydrogen (secondary N) is 2. The highest BCUT2D eigenvalue weighted by Crippen LogP contribution is 2.28. The zero-order valence-electron chi connectivity index (χ0n) is 14.7. The molecule has 0 aliphatic carbocycles. The fraction of sp³-hybridized carbons (Fsp3) is 0.368. The van der Waals surface area contributed by atoms with Crippen molar-refractivity contribution < 1.29 is 4.74 Å². The summed E-state index contributed by atoms with van der Waals surface area (Å²) >= 11 is 5.41. The van der Waals surface area contributed by atoms with Crippen LogP contribution in [0.25, 0.3) is 0 Å². The molecule has 0 amide bonds. The van der Waals surface area contributed by atoms with E-state index in [2.05, 4.69) is 60.7 Å². The van der Waals surface area contributed by atoms with Crippen LogP contribution in [0.2, 0.25) is 0 Å². The third kappa shape index (κ3) is 4.93. The molecule has 1 aromatic carbocycles. The van der Waals surface area contributed by atoms with Gasteiger partial charge in [-0.2, -0.15) is 0 Å². The van der Waals surface area contributed by atoms with Gasteiger partial charge in [0.05, 0.1) is 7.11 Å². The van der Waals surface area contributed by atoms with Crippen molar-refractivity contribution in [2.24, 2.45) is 0 Å². The second-order valence-corrected chi connectivity index (χ2v) is 6.92. The van der Waals surface area contributed by atoms with E-state index in [4.69, 9.17) is 17.0 Å². The normalized spacial score (nSPS) is 12.3. The number of nitrogens with zero attached hydrogens (tertiary/aromatic N) is 1. The van der Waals surface area contributed by atoms with Gasteiger partial charge in [0.1, 0.15) is 0 Å². The summed E-state index contributed by atoms with van der Waals surface area (Å²) in [7, 11) is 1.61. The van der Waals surface area contributed by atoms with E-state index in [0.29, 0.717) is 16.7 Å². The first-order chi connectivity index (χ1) is 11.4. The van der Waals surface area contributed by atoms with Gasteiger partial charge in [-0.1, -0.05) is 44.2 Å². The summed E-state index contributed by atoms with van der Waals surface area (Å²) in [4.78, 5) is 4.26. The van der Waals surface area contributed by atoms with Gasteiger partial charge in [0, 0.05) is 12.2 Å². The number of ether oxygens (including phenoxy) is 1. The number of thiocarbonyl (C=S) groups is 1. The van der Waals surface area contributed by atoms with E-state index in [0.717, 1.165) is 6.42 Å². The molecule has 0 spiro atoms. The quantitative estimate of drug-likeness (QED) is 0.772. The van der Waals surface area contributed by atoms with E-state index < -0.39 is 0 Å². The molecule has 4 nitrogen and oxygen atoms in total. The molecule has 2 aromatic rings. The lowest BCUT2D eigenvalue weighted by Crippen LogP contribution is -2.39. The first-order valence-corrected chi connectivity index (χ1v) is 8.45. The maximum atomic E-state index is 5.41. The van der Waals surface area contributed by atoms with Gasteiger partial charge in [0.15, 0.2) is 16.7 Å². The lowest BCUT2D eigenvalue weighted by molar-refractivity contribution is 0.414. The van der Waals surface area contributed by atoms with Crippen LogP contribution < -0.4 is 15.4 Å². The summed E-state index contributed by atoms with van der Waals surface area (Å²) in [6.45, 7) is 6.63. The highest BCUT2D eigenvalue weighted by atomic mass is 32.1. The standard InChI is InChI=1S/C19H25N3OS/c1-14(13-19(2,3)15-9-6-5-7-10-15)21-18(24)22-17-16(23-4)11-8-12-20-17/h5-12,14H,13H2,1-4H3,(H2,20,21,22,24)/t14-/m1/s1. The van der Waals surface area contributed by atoms with Crippen molar-refractivity contribution in [3.63, 3.8) is 0 Å². The smallest absolute Gasteiger partial charge is 0.174 e. The van der Waals surface area contributed by atoms with Crippen LogP contribution in [-0.4, -0.2) is 23.2 Å². The zero-order chi connectivity index (χ0) is 17.6. The Morgan fingerprint density at radius 2 is 1.92 bits per heavy atom. The largest absolute Gasteiger partial charge is 0.493 e. The Labute approximate surface area is 149 Å². The minimum absolute atomic E-state index is 0.0615. The van der Waals surface area contributed by atoms with Crippen LogP contribution in [0.3, 0.4) is 0 Å². The van der Waals surface area contributed by atoms with Crippen molar-refractivity contribution in [1.29, 1.82) is 0 Å². The summed E-state index contributed by atoms with van der Waals surface area (Å²) in [6, 6.07) is 14.4. The highest BCUT2D eigenvalue weighted by molar-refractivity contribution is 7.80. The van der Waals surface area contributed by atoms with Crippen molar-refractivity contribution in [2.75, 3.05) is 12.4 Å². The van der Waals surface area contributed by atoms with E-state index in [1.807, 2.05) is 18.2 Å². The maximum absolute atomic E-state index is 5.41. The average molecular weight is 343 g/mol. The number of aromatic nitrogens is 1. The van der Waals surface area contributed by atoms with Gasteiger partial charge in [-0.15, -0.1) is 0 Å². The molecule has 1 aromatic heterocycles. The SMILES string of the molecule is COc1cccnc1NC(=S)N[C@H](C)CC(C)(C)c1ccccc1. The Bertz CT molecular complexity index is 673. The Morgan fingerprint density at radius 3 is 2.58 bits per heavy atom.